The molecule has 0 radical (unpaired) electrons. The van der Waals surface area contributed by atoms with Gasteiger partial charge in [0, 0.05) is 17.8 Å². The van der Waals surface area contributed by atoms with Crippen LogP contribution in [0, 0.1) is 11.3 Å². The first-order valence-electron chi connectivity index (χ1n) is 6.98. The van der Waals surface area contributed by atoms with E-state index in [4.69, 9.17) is 0 Å². The lowest BCUT2D eigenvalue weighted by molar-refractivity contribution is 0.000593. The Kier molecular flexibility index (Phi) is 2.68. The van der Waals surface area contributed by atoms with Crippen LogP contribution in [0.5, 0.6) is 0 Å². The molecule has 0 amide bonds. The van der Waals surface area contributed by atoms with Crippen LogP contribution in [0.1, 0.15) is 39.2 Å². The fourth-order valence-electron chi connectivity index (χ4n) is 3.83. The smallest absolute Gasteiger partial charge is 0.0933 e. The molecule has 0 bridgehead atoms. The Labute approximate surface area is 114 Å². The Morgan fingerprint density at radius 3 is 2.74 bits per heavy atom. The molecule has 2 unspecified atom stereocenters. The van der Waals surface area contributed by atoms with Crippen LogP contribution in [0.4, 0.5) is 0 Å². The predicted molar refractivity (Wildman–Crippen MR) is 77.8 cm³/mol. The van der Waals surface area contributed by atoms with E-state index in [-0.39, 0.29) is 11.3 Å². The van der Waals surface area contributed by atoms with Crippen LogP contribution in [0.25, 0.3) is 10.8 Å². The summed E-state index contributed by atoms with van der Waals surface area (Å²) in [6.07, 6.45) is 5.56. The summed E-state index contributed by atoms with van der Waals surface area (Å²) in [7, 11) is 0. The van der Waals surface area contributed by atoms with Crippen LogP contribution in [0.3, 0.4) is 0 Å². The molecule has 19 heavy (non-hydrogen) atoms. The number of fused-ring (bicyclic) bond motifs is 1. The predicted octanol–water partition coefficient (Wildman–Crippen LogP) is 3.88. The first kappa shape index (κ1) is 12.6. The van der Waals surface area contributed by atoms with Gasteiger partial charge in [-0.15, -0.1) is 0 Å². The van der Waals surface area contributed by atoms with Crippen LogP contribution in [0.15, 0.2) is 36.7 Å². The second-order valence-electron chi connectivity index (χ2n) is 6.77. The minimum atomic E-state index is -0.718. The molecule has 1 saturated carbocycles. The molecule has 100 valence electrons. The van der Waals surface area contributed by atoms with Gasteiger partial charge in [-0.3, -0.25) is 4.98 Å². The van der Waals surface area contributed by atoms with Gasteiger partial charge >= 0.3 is 0 Å². The highest BCUT2D eigenvalue weighted by Gasteiger charge is 2.48. The van der Waals surface area contributed by atoms with Gasteiger partial charge in [0.2, 0.25) is 0 Å². The molecule has 3 rings (SSSR count). The van der Waals surface area contributed by atoms with Crippen molar-refractivity contribution in [1.82, 2.24) is 4.98 Å². The number of hydrogen-bond acceptors (Lipinski definition) is 2. The lowest BCUT2D eigenvalue weighted by atomic mass is 9.81. The first-order valence-corrected chi connectivity index (χ1v) is 6.98. The van der Waals surface area contributed by atoms with Crippen molar-refractivity contribution in [2.45, 2.75) is 39.2 Å². The molecule has 2 aromatic rings. The lowest BCUT2D eigenvalue weighted by Crippen LogP contribution is -2.29. The second kappa shape index (κ2) is 4.04. The van der Waals surface area contributed by atoms with Gasteiger partial charge in [-0.25, -0.2) is 0 Å². The third-order valence-electron chi connectivity index (χ3n) is 4.57. The molecule has 1 aliphatic carbocycles. The molecule has 1 N–H and O–H groups in total. The van der Waals surface area contributed by atoms with Crippen LogP contribution in [-0.4, -0.2) is 10.1 Å². The van der Waals surface area contributed by atoms with Crippen molar-refractivity contribution in [2.24, 2.45) is 11.3 Å². The summed E-state index contributed by atoms with van der Waals surface area (Å²) in [6.45, 7) is 6.65. The molecule has 1 aliphatic rings. The minimum Gasteiger partial charge on any atom is -0.385 e. The molecule has 1 aromatic carbocycles. The Morgan fingerprint density at radius 2 is 2.05 bits per heavy atom. The van der Waals surface area contributed by atoms with Crippen molar-refractivity contribution in [3.63, 3.8) is 0 Å². The highest BCUT2D eigenvalue weighted by atomic mass is 16.3. The Morgan fingerprint density at radius 1 is 1.26 bits per heavy atom. The van der Waals surface area contributed by atoms with Crippen LogP contribution < -0.4 is 0 Å². The topological polar surface area (TPSA) is 33.1 Å². The molecule has 0 saturated heterocycles. The summed E-state index contributed by atoms with van der Waals surface area (Å²) in [5.74, 6) is 0.279. The van der Waals surface area contributed by atoms with E-state index in [1.54, 1.807) is 6.20 Å². The van der Waals surface area contributed by atoms with Crippen LogP contribution in [-0.2, 0) is 5.60 Å². The molecule has 2 heteroatoms. The third-order valence-corrected chi connectivity index (χ3v) is 4.57. The summed E-state index contributed by atoms with van der Waals surface area (Å²) >= 11 is 0. The Hall–Kier alpha value is -1.41. The van der Waals surface area contributed by atoms with Crippen LogP contribution >= 0.6 is 0 Å². The number of hydrogen-bond donors (Lipinski definition) is 1. The maximum Gasteiger partial charge on any atom is 0.0933 e. The quantitative estimate of drug-likeness (QED) is 0.839. The van der Waals surface area contributed by atoms with Crippen molar-refractivity contribution >= 4 is 10.8 Å². The summed E-state index contributed by atoms with van der Waals surface area (Å²) in [5, 5.41) is 13.5. The van der Waals surface area contributed by atoms with Crippen LogP contribution in [0.2, 0.25) is 0 Å². The highest BCUT2D eigenvalue weighted by Crippen LogP contribution is 2.53. The number of aromatic nitrogens is 1. The Bertz CT molecular complexity index is 614. The van der Waals surface area contributed by atoms with Gasteiger partial charge < -0.3 is 5.11 Å². The number of benzene rings is 1. The normalized spacial score (nSPS) is 29.8. The standard InChI is InChI=1S/C17H21NO/c1-12-9-16(2,3)11-17(12,19)15-6-4-5-13-10-18-8-7-14(13)15/h4-8,10,12,19H,9,11H2,1-3H3. The zero-order chi connectivity index (χ0) is 13.7. The SMILES string of the molecule is CC1CC(C)(C)CC1(O)c1cccc2cnccc12. The molecular formula is C17H21NO. The first-order chi connectivity index (χ1) is 8.92. The fraction of sp³-hybridized carbons (Fsp3) is 0.471. The third kappa shape index (κ3) is 1.95. The molecule has 2 atom stereocenters. The molecule has 0 aliphatic heterocycles. The summed E-state index contributed by atoms with van der Waals surface area (Å²) in [5.41, 5.74) is 0.541. The van der Waals surface area contributed by atoms with E-state index < -0.39 is 5.60 Å². The summed E-state index contributed by atoms with van der Waals surface area (Å²) < 4.78 is 0. The molecule has 1 aromatic heterocycles. The van der Waals surface area contributed by atoms with Crippen molar-refractivity contribution in [2.75, 3.05) is 0 Å². The zero-order valence-corrected chi connectivity index (χ0v) is 11.9. The molecular weight excluding hydrogens is 234 g/mol. The molecule has 1 fully saturated rings. The zero-order valence-electron chi connectivity index (χ0n) is 11.9. The average molecular weight is 255 g/mol. The van der Waals surface area contributed by atoms with Gasteiger partial charge in [-0.05, 0) is 41.2 Å². The largest absolute Gasteiger partial charge is 0.385 e. The van der Waals surface area contributed by atoms with E-state index >= 15 is 0 Å². The maximum atomic E-state index is 11.2. The van der Waals surface area contributed by atoms with Gasteiger partial charge in [0.25, 0.3) is 0 Å². The monoisotopic (exact) mass is 255 g/mol. The molecule has 0 spiro atoms. The fourth-order valence-corrected chi connectivity index (χ4v) is 3.83. The van der Waals surface area contributed by atoms with Crippen molar-refractivity contribution in [1.29, 1.82) is 0 Å². The van der Waals surface area contributed by atoms with Crippen molar-refractivity contribution in [3.8, 4) is 0 Å². The number of rotatable bonds is 1. The van der Waals surface area contributed by atoms with Crippen molar-refractivity contribution in [3.05, 3.63) is 42.2 Å². The van der Waals surface area contributed by atoms with Gasteiger partial charge in [-0.1, -0.05) is 39.0 Å². The highest BCUT2D eigenvalue weighted by molar-refractivity contribution is 5.85. The van der Waals surface area contributed by atoms with Gasteiger partial charge in [0.05, 0.1) is 5.60 Å². The Balaban J connectivity index is 2.19. The van der Waals surface area contributed by atoms with E-state index in [9.17, 15) is 5.11 Å². The van der Waals surface area contributed by atoms with E-state index in [0.29, 0.717) is 0 Å². The van der Waals surface area contributed by atoms with E-state index in [0.717, 1.165) is 29.2 Å². The van der Waals surface area contributed by atoms with Gasteiger partial charge in [0.15, 0.2) is 0 Å². The molecule has 2 nitrogen and oxygen atoms in total. The second-order valence-corrected chi connectivity index (χ2v) is 6.77. The lowest BCUT2D eigenvalue weighted by Gasteiger charge is -2.30. The van der Waals surface area contributed by atoms with Gasteiger partial charge in [0.1, 0.15) is 0 Å². The number of pyridine rings is 1. The van der Waals surface area contributed by atoms with E-state index in [1.807, 2.05) is 18.3 Å². The minimum absolute atomic E-state index is 0.198. The van der Waals surface area contributed by atoms with E-state index in [2.05, 4.69) is 37.9 Å². The number of aliphatic hydroxyl groups is 1. The summed E-state index contributed by atoms with van der Waals surface area (Å²) in [6, 6.07) is 8.16. The molecule has 1 heterocycles. The average Bonchev–Trinajstić information content (AvgIpc) is 2.58. The van der Waals surface area contributed by atoms with Gasteiger partial charge in [-0.2, -0.15) is 0 Å². The van der Waals surface area contributed by atoms with Crippen molar-refractivity contribution < 1.29 is 5.11 Å². The summed E-state index contributed by atoms with van der Waals surface area (Å²) in [4.78, 5) is 4.17. The van der Waals surface area contributed by atoms with E-state index in [1.165, 1.54) is 0 Å². The maximum absolute atomic E-state index is 11.2. The number of nitrogens with zero attached hydrogens (tertiary/aromatic N) is 1.